The maximum Gasteiger partial charge on any atom is 0.310 e. The number of fused-ring (bicyclic) bond motifs is 3. The number of rotatable bonds is 5. The van der Waals surface area contributed by atoms with E-state index in [0.29, 0.717) is 16.8 Å². The van der Waals surface area contributed by atoms with E-state index in [1.807, 2.05) is 0 Å². The summed E-state index contributed by atoms with van der Waals surface area (Å²) >= 11 is 0. The second-order valence-electron chi connectivity index (χ2n) is 11.5. The quantitative estimate of drug-likeness (QED) is 0.207. The molecule has 0 heterocycles. The Kier molecular flexibility index (Phi) is 7.02. The number of aliphatic hydroxyl groups is 1. The number of carbonyl (C=O) groups is 6. The topological polar surface area (TPSA) is 207 Å². The minimum Gasteiger partial charge on any atom is -0.507 e. The largest absolute Gasteiger partial charge is 0.507 e. The second-order valence-corrected chi connectivity index (χ2v) is 11.5. The lowest BCUT2D eigenvalue weighted by Crippen LogP contribution is -2.78. The summed E-state index contributed by atoms with van der Waals surface area (Å²) in [6.45, 7) is 1.67. The normalized spacial score (nSPS) is 32.2. The minimum atomic E-state index is -3.08. The molecule has 0 aromatic heterocycles. The van der Waals surface area contributed by atoms with Crippen molar-refractivity contribution in [3.05, 3.63) is 59.2 Å². The van der Waals surface area contributed by atoms with Gasteiger partial charge in [0.1, 0.15) is 11.9 Å². The summed E-state index contributed by atoms with van der Waals surface area (Å²) in [5.41, 5.74) is 9.29. The highest BCUT2D eigenvalue weighted by Gasteiger charge is 2.74. The Morgan fingerprint density at radius 1 is 1.02 bits per heavy atom. The van der Waals surface area contributed by atoms with E-state index in [1.165, 1.54) is 31.1 Å². The molecule has 8 atom stereocenters. The van der Waals surface area contributed by atoms with Crippen LogP contribution < -0.4 is 11.5 Å². The molecule has 2 aromatic rings. The molecule has 12 heteroatoms. The Hall–Kier alpha value is -4.42. The van der Waals surface area contributed by atoms with Gasteiger partial charge in [0.25, 0.3) is 0 Å². The summed E-state index contributed by atoms with van der Waals surface area (Å²) in [4.78, 5) is 82.4. The van der Waals surface area contributed by atoms with Crippen LogP contribution >= 0.6 is 0 Å². The number of ether oxygens (including phenoxy) is 1. The first-order valence-corrected chi connectivity index (χ1v) is 13.4. The lowest BCUT2D eigenvalue weighted by molar-refractivity contribution is -0.205. The molecule has 6 N–H and O–H groups in total. The molecule has 12 nitrogen and oxygen atoms in total. The van der Waals surface area contributed by atoms with Crippen molar-refractivity contribution in [1.29, 1.82) is 0 Å². The van der Waals surface area contributed by atoms with E-state index in [4.69, 9.17) is 16.2 Å². The fourth-order valence-electron chi connectivity index (χ4n) is 7.06. The van der Waals surface area contributed by atoms with Crippen LogP contribution in [0.2, 0.25) is 0 Å². The van der Waals surface area contributed by atoms with Gasteiger partial charge in [0.2, 0.25) is 5.91 Å². The van der Waals surface area contributed by atoms with Crippen molar-refractivity contribution in [1.82, 2.24) is 4.90 Å². The van der Waals surface area contributed by atoms with Gasteiger partial charge in [-0.05, 0) is 49.3 Å². The molecule has 5 rings (SSSR count). The Bertz CT molecular complexity index is 1530. The first-order valence-electron chi connectivity index (χ1n) is 13.4. The van der Waals surface area contributed by atoms with Crippen molar-refractivity contribution in [2.75, 3.05) is 19.8 Å². The van der Waals surface area contributed by atoms with Gasteiger partial charge in [-0.3, -0.25) is 33.7 Å². The molecule has 0 bridgehead atoms. The molecular weight excluding hydrogens is 546 g/mol. The van der Waals surface area contributed by atoms with Gasteiger partial charge in [-0.25, -0.2) is 0 Å². The average Bonchev–Trinajstić information content (AvgIpc) is 2.91. The number of amides is 1. The van der Waals surface area contributed by atoms with Crippen LogP contribution in [0.3, 0.4) is 0 Å². The molecule has 1 amide bonds. The number of ketones is 4. The summed E-state index contributed by atoms with van der Waals surface area (Å²) in [6.07, 6.45) is -1.77. The lowest BCUT2D eigenvalue weighted by atomic mass is 9.49. The molecule has 0 radical (unpaired) electrons. The number of Topliss-reactive ketones (excluding diaryl/α,β-unsaturated/α-hetero) is 4. The fraction of sp³-hybridized carbons (Fsp3) is 0.400. The van der Waals surface area contributed by atoms with Crippen LogP contribution in [0, 0.1) is 23.7 Å². The highest BCUT2D eigenvalue weighted by molar-refractivity contribution is 6.32. The first-order chi connectivity index (χ1) is 19.7. The summed E-state index contributed by atoms with van der Waals surface area (Å²) in [6, 6.07) is 9.33. The number of likely N-dealkylation sites (N-methyl/N-ethyl adjacent to an activating group) is 1. The monoisotopic (exact) mass is 577 g/mol. The number of hydrogen-bond acceptors (Lipinski definition) is 11. The van der Waals surface area contributed by atoms with Crippen LogP contribution in [-0.4, -0.2) is 82.0 Å². The zero-order valence-electron chi connectivity index (χ0n) is 23.1. The van der Waals surface area contributed by atoms with E-state index in [1.54, 1.807) is 37.3 Å². The van der Waals surface area contributed by atoms with E-state index >= 15 is 0 Å². The SMILES string of the molecule is C[C@@H]1c2cccc(O)c2C(=O)C2C(=O)[C@@]3(O)C(=O)C(C(N)=O)C(=O)[C@H](N(C)C)[C@H]3[C@H](OC(=O)Cc3ccc(N)cc3)[C@H]21. The summed E-state index contributed by atoms with van der Waals surface area (Å²) < 4.78 is 5.97. The predicted octanol–water partition coefficient (Wildman–Crippen LogP) is -0.225. The maximum absolute atomic E-state index is 14.2. The molecule has 2 unspecified atom stereocenters. The number of anilines is 1. The third-order valence-electron chi connectivity index (χ3n) is 8.92. The molecule has 0 saturated heterocycles. The van der Waals surface area contributed by atoms with Gasteiger partial charge < -0.3 is 26.4 Å². The number of nitrogen functional groups attached to an aromatic ring is 1. The van der Waals surface area contributed by atoms with Crippen LogP contribution in [-0.2, 0) is 35.1 Å². The zero-order valence-corrected chi connectivity index (χ0v) is 23.1. The number of hydrogen-bond donors (Lipinski definition) is 4. The summed E-state index contributed by atoms with van der Waals surface area (Å²) in [7, 11) is 2.90. The van der Waals surface area contributed by atoms with Gasteiger partial charge in [0.15, 0.2) is 34.7 Å². The first kappa shape index (κ1) is 29.1. The number of benzene rings is 2. The number of nitrogens with two attached hydrogens (primary N) is 2. The molecular formula is C30H31N3O9. The third-order valence-corrected chi connectivity index (χ3v) is 8.92. The average molecular weight is 578 g/mol. The number of aromatic hydroxyl groups is 1. The standard InChI is InChI=1S/C30H31N3O9/c1-12-15-5-4-6-16(34)19(15)24(36)20-18(12)26(42-17(35)11-13-7-9-14(31)10-8-13)22-23(33(2)3)25(37)21(29(32)40)28(39)30(22,41)27(20)38/h4-10,12,18,20-23,26,34,41H,11,31H2,1-3H3,(H2,32,40)/t12-,18+,20?,21?,22+,23-,26-,30-/m1/s1. The molecule has 2 aromatic carbocycles. The van der Waals surface area contributed by atoms with E-state index in [2.05, 4.69) is 0 Å². The lowest BCUT2D eigenvalue weighted by Gasteiger charge is -2.56. The highest BCUT2D eigenvalue weighted by Crippen LogP contribution is 2.55. The molecule has 2 saturated carbocycles. The molecule has 3 aliphatic carbocycles. The Balaban J connectivity index is 1.70. The van der Waals surface area contributed by atoms with Crippen LogP contribution in [0.4, 0.5) is 5.69 Å². The Morgan fingerprint density at radius 2 is 1.67 bits per heavy atom. The highest BCUT2D eigenvalue weighted by atomic mass is 16.5. The zero-order chi connectivity index (χ0) is 30.8. The third kappa shape index (κ3) is 4.12. The van der Waals surface area contributed by atoms with E-state index < -0.39 is 88.1 Å². The van der Waals surface area contributed by atoms with E-state index in [0.717, 1.165) is 0 Å². The molecule has 0 aliphatic heterocycles. The fourth-order valence-corrected chi connectivity index (χ4v) is 7.06. The number of phenols is 1. The van der Waals surface area contributed by atoms with Gasteiger partial charge in [0, 0.05) is 11.6 Å². The van der Waals surface area contributed by atoms with Gasteiger partial charge in [-0.2, -0.15) is 0 Å². The van der Waals surface area contributed by atoms with Crippen LogP contribution in [0.5, 0.6) is 5.75 Å². The minimum absolute atomic E-state index is 0.149. The molecule has 42 heavy (non-hydrogen) atoms. The van der Waals surface area contributed by atoms with E-state index in [9.17, 15) is 39.0 Å². The maximum atomic E-state index is 14.2. The van der Waals surface area contributed by atoms with Crippen molar-refractivity contribution in [3.8, 4) is 5.75 Å². The van der Waals surface area contributed by atoms with Gasteiger partial charge in [-0.1, -0.05) is 31.2 Å². The number of carbonyl (C=O) groups excluding carboxylic acids is 6. The van der Waals surface area contributed by atoms with Crippen LogP contribution in [0.15, 0.2) is 42.5 Å². The van der Waals surface area contributed by atoms with Crippen LogP contribution in [0.25, 0.3) is 0 Å². The molecule has 0 spiro atoms. The summed E-state index contributed by atoms with van der Waals surface area (Å²) in [5.74, 6) is -14.5. The van der Waals surface area contributed by atoms with Crippen LogP contribution in [0.1, 0.15) is 34.3 Å². The number of phenolic OH excluding ortho intramolecular Hbond substituents is 1. The molecule has 3 aliphatic rings. The smallest absolute Gasteiger partial charge is 0.310 e. The summed E-state index contributed by atoms with van der Waals surface area (Å²) in [5, 5.41) is 22.6. The predicted molar refractivity (Wildman–Crippen MR) is 146 cm³/mol. The van der Waals surface area contributed by atoms with Crippen molar-refractivity contribution >= 4 is 40.7 Å². The van der Waals surface area contributed by atoms with Crippen molar-refractivity contribution in [2.45, 2.75) is 37.0 Å². The van der Waals surface area contributed by atoms with Gasteiger partial charge in [-0.15, -0.1) is 0 Å². The molecule has 220 valence electrons. The van der Waals surface area contributed by atoms with Crippen molar-refractivity contribution in [2.24, 2.45) is 29.4 Å². The molecule has 2 fully saturated rings. The van der Waals surface area contributed by atoms with Crippen molar-refractivity contribution in [3.63, 3.8) is 0 Å². The van der Waals surface area contributed by atoms with E-state index in [-0.39, 0.29) is 12.0 Å². The number of nitrogens with zero attached hydrogens (tertiary/aromatic N) is 1. The van der Waals surface area contributed by atoms with Crippen molar-refractivity contribution < 1.29 is 43.7 Å². The number of esters is 1. The Morgan fingerprint density at radius 3 is 2.26 bits per heavy atom. The Labute approximate surface area is 240 Å². The van der Waals surface area contributed by atoms with Gasteiger partial charge >= 0.3 is 5.97 Å². The number of primary amides is 1. The second kappa shape index (κ2) is 10.1. The van der Waals surface area contributed by atoms with Gasteiger partial charge in [0.05, 0.1) is 29.9 Å².